The first-order valence-electron chi connectivity index (χ1n) is 6.31. The highest BCUT2D eigenvalue weighted by Gasteiger charge is 2.04. The third-order valence-corrected chi connectivity index (χ3v) is 3.28. The number of unbranched alkanes of at least 4 members (excludes halogenated alkanes) is 1. The van der Waals surface area contributed by atoms with Gasteiger partial charge in [0, 0.05) is 30.9 Å². The van der Waals surface area contributed by atoms with Crippen molar-refractivity contribution in [3.05, 3.63) is 35.4 Å². The van der Waals surface area contributed by atoms with E-state index in [0.717, 1.165) is 23.7 Å². The maximum atomic E-state index is 11.5. The number of benzene rings is 1. The molecule has 4 nitrogen and oxygen atoms in total. The average molecular weight is 327 g/mol. The number of hydrogen-bond acceptors (Lipinski definition) is 2. The summed E-state index contributed by atoms with van der Waals surface area (Å²) >= 11 is 3.34. The van der Waals surface area contributed by atoms with Gasteiger partial charge in [-0.1, -0.05) is 28.1 Å². The van der Waals surface area contributed by atoms with Gasteiger partial charge < -0.3 is 10.6 Å². The van der Waals surface area contributed by atoms with Gasteiger partial charge in [0.1, 0.15) is 0 Å². The zero-order chi connectivity index (χ0) is 14.1. The van der Waals surface area contributed by atoms with Crippen molar-refractivity contribution >= 4 is 27.7 Å². The van der Waals surface area contributed by atoms with Crippen LogP contribution in [0.4, 0.5) is 0 Å². The summed E-state index contributed by atoms with van der Waals surface area (Å²) in [5.41, 5.74) is 1.61. The van der Waals surface area contributed by atoms with E-state index in [9.17, 15) is 9.59 Å². The Morgan fingerprint density at radius 1 is 1.16 bits per heavy atom. The highest BCUT2D eigenvalue weighted by molar-refractivity contribution is 9.09. The fraction of sp³-hybridized carbons (Fsp3) is 0.429. The predicted molar refractivity (Wildman–Crippen MR) is 79.3 cm³/mol. The highest BCUT2D eigenvalue weighted by atomic mass is 79.9. The molecule has 19 heavy (non-hydrogen) atoms. The van der Waals surface area contributed by atoms with Crippen LogP contribution in [0.1, 0.15) is 35.2 Å². The number of carbonyl (C=O) groups is 2. The van der Waals surface area contributed by atoms with Gasteiger partial charge in [0.2, 0.25) is 5.91 Å². The third-order valence-electron chi connectivity index (χ3n) is 2.72. The Morgan fingerprint density at radius 3 is 2.42 bits per heavy atom. The maximum absolute atomic E-state index is 11.5. The molecule has 0 aliphatic carbocycles. The smallest absolute Gasteiger partial charge is 0.251 e. The molecule has 0 unspecified atom stereocenters. The van der Waals surface area contributed by atoms with Gasteiger partial charge in [0.15, 0.2) is 0 Å². The average Bonchev–Trinajstić information content (AvgIpc) is 2.45. The van der Waals surface area contributed by atoms with E-state index in [2.05, 4.69) is 26.6 Å². The summed E-state index contributed by atoms with van der Waals surface area (Å²) in [7, 11) is 1.60. The number of nitrogens with one attached hydrogen (secondary N) is 2. The molecule has 0 aromatic heterocycles. The summed E-state index contributed by atoms with van der Waals surface area (Å²) in [5, 5.41) is 6.36. The van der Waals surface area contributed by atoms with Crippen LogP contribution in [-0.4, -0.2) is 24.2 Å². The molecule has 0 aliphatic rings. The fourth-order valence-electron chi connectivity index (χ4n) is 1.59. The Morgan fingerprint density at radius 2 is 1.84 bits per heavy atom. The minimum Gasteiger partial charge on any atom is -0.355 e. The molecule has 0 spiro atoms. The quantitative estimate of drug-likeness (QED) is 0.596. The SMILES string of the molecule is CNC(=O)c1ccc(CNC(=O)CCCCBr)cc1. The van der Waals surface area contributed by atoms with Crippen molar-refractivity contribution in [3.8, 4) is 0 Å². The Hall–Kier alpha value is -1.36. The van der Waals surface area contributed by atoms with Crippen molar-refractivity contribution < 1.29 is 9.59 Å². The topological polar surface area (TPSA) is 58.2 Å². The third kappa shape index (κ3) is 5.87. The molecule has 1 rings (SSSR count). The Kier molecular flexibility index (Phi) is 7.18. The molecule has 2 N–H and O–H groups in total. The van der Waals surface area contributed by atoms with Crippen molar-refractivity contribution in [3.63, 3.8) is 0 Å². The Balaban J connectivity index is 2.37. The Bertz CT molecular complexity index is 418. The molecule has 0 saturated heterocycles. The van der Waals surface area contributed by atoms with Crippen LogP contribution in [-0.2, 0) is 11.3 Å². The van der Waals surface area contributed by atoms with Crippen LogP contribution in [0, 0.1) is 0 Å². The molecule has 0 saturated carbocycles. The molecular formula is C14H19BrN2O2. The Labute approximate surface area is 122 Å². The van der Waals surface area contributed by atoms with Crippen LogP contribution >= 0.6 is 15.9 Å². The first-order chi connectivity index (χ1) is 9.17. The maximum Gasteiger partial charge on any atom is 0.251 e. The molecule has 2 amide bonds. The normalized spacial score (nSPS) is 10.0. The van der Waals surface area contributed by atoms with Crippen molar-refractivity contribution in [1.82, 2.24) is 10.6 Å². The standard InChI is InChI=1S/C14H19BrN2O2/c1-16-14(19)12-7-5-11(6-8-12)10-17-13(18)4-2-3-9-15/h5-8H,2-4,9-10H2,1H3,(H,16,19)(H,17,18). The van der Waals surface area contributed by atoms with E-state index in [1.54, 1.807) is 19.2 Å². The molecule has 0 atom stereocenters. The van der Waals surface area contributed by atoms with Crippen LogP contribution in [0.3, 0.4) is 0 Å². The molecule has 104 valence electrons. The second-order valence-corrected chi connectivity index (χ2v) is 4.99. The minimum atomic E-state index is -0.106. The molecule has 1 aromatic rings. The summed E-state index contributed by atoms with van der Waals surface area (Å²) in [6.07, 6.45) is 2.46. The van der Waals surface area contributed by atoms with E-state index >= 15 is 0 Å². The van der Waals surface area contributed by atoms with Gasteiger partial charge in [0.25, 0.3) is 5.91 Å². The molecule has 0 radical (unpaired) electrons. The molecule has 0 bridgehead atoms. The van der Waals surface area contributed by atoms with Gasteiger partial charge in [-0.25, -0.2) is 0 Å². The van der Waals surface area contributed by atoms with Crippen LogP contribution in [0.2, 0.25) is 0 Å². The number of hydrogen-bond donors (Lipinski definition) is 2. The van der Waals surface area contributed by atoms with E-state index in [0.29, 0.717) is 18.5 Å². The fourth-order valence-corrected chi connectivity index (χ4v) is 1.98. The lowest BCUT2D eigenvalue weighted by Crippen LogP contribution is -2.22. The van der Waals surface area contributed by atoms with Gasteiger partial charge in [-0.15, -0.1) is 0 Å². The molecule has 0 heterocycles. The lowest BCUT2D eigenvalue weighted by atomic mass is 10.1. The van der Waals surface area contributed by atoms with Crippen molar-refractivity contribution in [2.24, 2.45) is 0 Å². The summed E-state index contributed by atoms with van der Waals surface area (Å²) in [5.74, 6) is -0.0401. The minimum absolute atomic E-state index is 0.0660. The first-order valence-corrected chi connectivity index (χ1v) is 7.43. The van der Waals surface area contributed by atoms with Gasteiger partial charge >= 0.3 is 0 Å². The van der Waals surface area contributed by atoms with Crippen LogP contribution in [0.25, 0.3) is 0 Å². The monoisotopic (exact) mass is 326 g/mol. The lowest BCUT2D eigenvalue weighted by Gasteiger charge is -2.06. The van der Waals surface area contributed by atoms with Crippen molar-refractivity contribution in [1.29, 1.82) is 0 Å². The summed E-state index contributed by atoms with van der Waals surface area (Å²) in [6.45, 7) is 0.501. The number of alkyl halides is 1. The zero-order valence-electron chi connectivity index (χ0n) is 11.0. The van der Waals surface area contributed by atoms with Crippen LogP contribution in [0.5, 0.6) is 0 Å². The van der Waals surface area contributed by atoms with Gasteiger partial charge in [-0.05, 0) is 30.5 Å². The van der Waals surface area contributed by atoms with Gasteiger partial charge in [0.05, 0.1) is 0 Å². The summed E-state index contributed by atoms with van der Waals surface area (Å²) in [6, 6.07) is 7.21. The van der Waals surface area contributed by atoms with Crippen LogP contribution in [0.15, 0.2) is 24.3 Å². The zero-order valence-corrected chi connectivity index (χ0v) is 12.6. The lowest BCUT2D eigenvalue weighted by molar-refractivity contribution is -0.121. The first kappa shape index (κ1) is 15.7. The van der Waals surface area contributed by atoms with Gasteiger partial charge in [-0.3, -0.25) is 9.59 Å². The number of amides is 2. The molecule has 1 aromatic carbocycles. The summed E-state index contributed by atoms with van der Waals surface area (Å²) in [4.78, 5) is 22.9. The molecule has 0 fully saturated rings. The van der Waals surface area contributed by atoms with Crippen molar-refractivity contribution in [2.75, 3.05) is 12.4 Å². The highest BCUT2D eigenvalue weighted by Crippen LogP contribution is 2.05. The molecule has 5 heteroatoms. The van der Waals surface area contributed by atoms with E-state index in [1.165, 1.54) is 0 Å². The van der Waals surface area contributed by atoms with Gasteiger partial charge in [-0.2, -0.15) is 0 Å². The molecule has 0 aliphatic heterocycles. The summed E-state index contributed by atoms with van der Waals surface area (Å²) < 4.78 is 0. The van der Waals surface area contributed by atoms with E-state index in [-0.39, 0.29) is 11.8 Å². The number of carbonyl (C=O) groups excluding carboxylic acids is 2. The number of rotatable bonds is 7. The largest absolute Gasteiger partial charge is 0.355 e. The van der Waals surface area contributed by atoms with E-state index in [1.807, 2.05) is 12.1 Å². The van der Waals surface area contributed by atoms with Crippen LogP contribution < -0.4 is 10.6 Å². The van der Waals surface area contributed by atoms with E-state index in [4.69, 9.17) is 0 Å². The van der Waals surface area contributed by atoms with E-state index < -0.39 is 0 Å². The number of halogens is 1. The predicted octanol–water partition coefficient (Wildman–Crippen LogP) is 2.23. The molecular weight excluding hydrogens is 308 g/mol. The van der Waals surface area contributed by atoms with Crippen molar-refractivity contribution in [2.45, 2.75) is 25.8 Å². The second kappa shape index (κ2) is 8.69. The second-order valence-electron chi connectivity index (χ2n) is 4.20.